The van der Waals surface area contributed by atoms with E-state index in [4.69, 9.17) is 25.8 Å². The van der Waals surface area contributed by atoms with Crippen molar-refractivity contribution >= 4 is 39.3 Å². The number of carboxylic acids is 2. The van der Waals surface area contributed by atoms with E-state index < -0.39 is 38.5 Å². The van der Waals surface area contributed by atoms with Crippen LogP contribution in [-0.4, -0.2) is 85.7 Å². The number of hydrogen-bond donors (Lipinski definition) is 3. The second-order valence-corrected chi connectivity index (χ2v) is 18.2. The van der Waals surface area contributed by atoms with Crippen molar-refractivity contribution in [2.45, 2.75) is 62.7 Å². The van der Waals surface area contributed by atoms with Crippen LogP contribution in [0.5, 0.6) is 17.2 Å². The van der Waals surface area contributed by atoms with Crippen molar-refractivity contribution in [2.75, 3.05) is 32.8 Å². The van der Waals surface area contributed by atoms with E-state index in [0.29, 0.717) is 51.6 Å². The minimum atomic E-state index is -1.23. The molecule has 290 valence electrons. The number of pyridine rings is 1. The van der Waals surface area contributed by atoms with Gasteiger partial charge in [-0.05, 0) is 38.8 Å². The Morgan fingerprint density at radius 1 is 0.982 bits per heavy atom. The number of aliphatic hydroxyl groups excluding tert-OH is 1. The fourth-order valence-electron chi connectivity index (χ4n) is 6.52. The number of nitrogens with zero attached hydrogens (tertiary/aromatic N) is 3. The Hall–Kier alpha value is -4.59. The SMILES string of the molecule is Cc1c(COc2cc(OCc3cncc(C#N)c3)c(C[AsH]C(C)(CO)C(=O)O)cc2Cl)cccc1-c1cccc(OCCCN2CCC[C@H](C(=O)O)C2)c1C. The molecule has 0 bridgehead atoms. The number of aliphatic hydroxyl groups is 1. The minimum absolute atomic E-state index is 0.113. The van der Waals surface area contributed by atoms with Crippen LogP contribution in [0.1, 0.15) is 59.6 Å². The van der Waals surface area contributed by atoms with Crippen molar-refractivity contribution in [3.63, 3.8) is 0 Å². The molecule has 1 saturated heterocycles. The molecule has 0 radical (unpaired) electrons. The number of aromatic nitrogens is 1. The molecule has 55 heavy (non-hydrogen) atoms. The molecule has 5 rings (SSSR count). The maximum absolute atomic E-state index is 11.9. The van der Waals surface area contributed by atoms with Crippen LogP contribution in [0.2, 0.25) is 9.23 Å². The normalized spacial score (nSPS) is 15.7. The van der Waals surface area contributed by atoms with E-state index in [2.05, 4.69) is 35.0 Å². The van der Waals surface area contributed by atoms with Gasteiger partial charge in [0.25, 0.3) is 0 Å². The van der Waals surface area contributed by atoms with Crippen molar-refractivity contribution in [1.82, 2.24) is 9.88 Å². The van der Waals surface area contributed by atoms with Gasteiger partial charge in [-0.3, -0.25) is 4.79 Å². The molecule has 3 N–H and O–H groups in total. The van der Waals surface area contributed by atoms with E-state index in [0.717, 1.165) is 65.9 Å². The summed E-state index contributed by atoms with van der Waals surface area (Å²) < 4.78 is 17.6. The zero-order valence-electron chi connectivity index (χ0n) is 31.3. The summed E-state index contributed by atoms with van der Waals surface area (Å²) >= 11 is 5.54. The minimum Gasteiger partial charge on any atom is -0.493 e. The molecular weight excluding hydrogens is 785 g/mol. The van der Waals surface area contributed by atoms with Crippen molar-refractivity contribution in [1.29, 1.82) is 5.26 Å². The number of nitriles is 1. The van der Waals surface area contributed by atoms with E-state index in [-0.39, 0.29) is 19.1 Å². The molecule has 0 saturated carbocycles. The Morgan fingerprint density at radius 2 is 1.73 bits per heavy atom. The Morgan fingerprint density at radius 3 is 2.45 bits per heavy atom. The van der Waals surface area contributed by atoms with Gasteiger partial charge in [0.05, 0.1) is 12.5 Å². The Labute approximate surface area is 333 Å². The second kappa shape index (κ2) is 19.3. The van der Waals surface area contributed by atoms with Crippen molar-refractivity contribution in [3.05, 3.63) is 105 Å². The zero-order valence-corrected chi connectivity index (χ0v) is 34.2. The smallest absolute Gasteiger partial charge is 0.493 e. The molecule has 3 aromatic carbocycles. The van der Waals surface area contributed by atoms with Crippen LogP contribution in [-0.2, 0) is 28.0 Å². The summed E-state index contributed by atoms with van der Waals surface area (Å²) in [7, 11) is 0. The first-order valence-electron chi connectivity index (χ1n) is 18.2. The number of hydrogen-bond acceptors (Lipinski definition) is 9. The van der Waals surface area contributed by atoms with Gasteiger partial charge in [0.1, 0.15) is 5.75 Å². The number of ether oxygens (including phenoxy) is 3. The van der Waals surface area contributed by atoms with Gasteiger partial charge in [-0.1, -0.05) is 6.07 Å². The molecule has 1 aliphatic heterocycles. The van der Waals surface area contributed by atoms with Gasteiger partial charge < -0.3 is 14.7 Å². The average Bonchev–Trinajstić information content (AvgIpc) is 3.19. The molecule has 0 spiro atoms. The van der Waals surface area contributed by atoms with E-state index in [1.165, 1.54) is 6.20 Å². The molecule has 2 heterocycles. The topological polar surface area (TPSA) is 162 Å². The number of halogens is 1. The van der Waals surface area contributed by atoms with Gasteiger partial charge in [0.2, 0.25) is 0 Å². The number of aliphatic carboxylic acids is 2. The summed E-state index contributed by atoms with van der Waals surface area (Å²) in [5.74, 6) is -0.386. The summed E-state index contributed by atoms with van der Waals surface area (Å²) in [5.41, 5.74) is 6.91. The predicted octanol–water partition coefficient (Wildman–Crippen LogP) is 6.81. The molecule has 0 amide bonds. The molecule has 4 aromatic rings. The fourth-order valence-corrected chi connectivity index (χ4v) is 9.11. The van der Waals surface area contributed by atoms with Crippen LogP contribution in [0.15, 0.2) is 67.0 Å². The van der Waals surface area contributed by atoms with Crippen molar-refractivity contribution < 1.29 is 39.1 Å². The number of likely N-dealkylation sites (tertiary alicyclic amines) is 1. The predicted molar refractivity (Wildman–Crippen MR) is 211 cm³/mol. The van der Waals surface area contributed by atoms with Crippen LogP contribution in [0.25, 0.3) is 11.1 Å². The van der Waals surface area contributed by atoms with E-state index in [1.54, 1.807) is 31.3 Å². The molecule has 3 atom stereocenters. The molecule has 1 aliphatic rings. The second-order valence-electron chi connectivity index (χ2n) is 14.0. The Bertz CT molecular complexity index is 2040. The fraction of sp³-hybridized carbons (Fsp3) is 0.381. The quantitative estimate of drug-likeness (QED) is 0.0714. The van der Waals surface area contributed by atoms with E-state index >= 15 is 0 Å². The van der Waals surface area contributed by atoms with Gasteiger partial charge in [-0.15, -0.1) is 0 Å². The number of piperidine rings is 1. The number of carboxylic acid groups (broad SMARTS) is 2. The van der Waals surface area contributed by atoms with Gasteiger partial charge >= 0.3 is 239 Å². The average molecular weight is 832 g/mol. The van der Waals surface area contributed by atoms with Gasteiger partial charge in [0, 0.05) is 13.1 Å². The van der Waals surface area contributed by atoms with Crippen molar-refractivity contribution in [2.24, 2.45) is 5.92 Å². The maximum atomic E-state index is 11.9. The van der Waals surface area contributed by atoms with Gasteiger partial charge in [-0.25, -0.2) is 0 Å². The summed E-state index contributed by atoms with van der Waals surface area (Å²) in [6.45, 7) is 8.35. The monoisotopic (exact) mass is 831 g/mol. The third kappa shape index (κ3) is 10.8. The van der Waals surface area contributed by atoms with Crippen LogP contribution in [0, 0.1) is 31.1 Å². The third-order valence-corrected chi connectivity index (χ3v) is 13.9. The summed E-state index contributed by atoms with van der Waals surface area (Å²) in [5, 5.41) is 39.0. The van der Waals surface area contributed by atoms with E-state index in [1.807, 2.05) is 31.2 Å². The third-order valence-electron chi connectivity index (χ3n) is 10.0. The van der Waals surface area contributed by atoms with Gasteiger partial charge in [0.15, 0.2) is 0 Å². The number of carbonyl (C=O) groups is 2. The molecule has 1 aromatic heterocycles. The Balaban J connectivity index is 1.29. The summed E-state index contributed by atoms with van der Waals surface area (Å²) in [6.07, 6.45) is 5.53. The zero-order chi connectivity index (χ0) is 39.5. The first-order valence-corrected chi connectivity index (χ1v) is 21.1. The standard InChI is InChI=1S/C42H47AsClN3O8/c1-27-32(8-4-10-34(27)35-11-5-12-37(28(35)2)53-15-7-14-47-13-6-9-31(23-47)40(49)50)25-55-39-18-38(54-24-30-16-29(20-45)21-46-22-30)33(17-36(39)44)19-43-42(3,26-48)41(51)52/h4-5,8,10-12,16-18,21-22,31,43,48H,6-7,9,13-15,19,23-26H2,1-3H3,(H,49,50)(H,51,52)/t31-,42?/m0/s1. The number of benzene rings is 3. The van der Waals surface area contributed by atoms with Crippen LogP contribution < -0.4 is 14.2 Å². The molecule has 1 fully saturated rings. The first kappa shape index (κ1) is 41.6. The van der Waals surface area contributed by atoms with Crippen molar-refractivity contribution in [3.8, 4) is 34.4 Å². The van der Waals surface area contributed by atoms with Crippen LogP contribution in [0.4, 0.5) is 0 Å². The molecule has 0 aliphatic carbocycles. The summed E-state index contributed by atoms with van der Waals surface area (Å²) in [4.78, 5) is 29.7. The number of rotatable bonds is 18. The first-order chi connectivity index (χ1) is 26.4. The molecular formula is C42H47AsClN3O8. The van der Waals surface area contributed by atoms with Crippen LogP contribution >= 0.6 is 11.6 Å². The Kier molecular flexibility index (Phi) is 14.6. The van der Waals surface area contributed by atoms with E-state index in [9.17, 15) is 30.2 Å². The molecule has 13 heteroatoms. The molecule has 11 nitrogen and oxygen atoms in total. The summed E-state index contributed by atoms with van der Waals surface area (Å²) in [6, 6.07) is 19.3. The molecule has 2 unspecified atom stereocenters. The van der Waals surface area contributed by atoms with Crippen LogP contribution in [0.3, 0.4) is 0 Å². The van der Waals surface area contributed by atoms with Gasteiger partial charge in [-0.2, -0.15) is 0 Å².